The molecule has 1 aliphatic heterocycles. The molecule has 1 fully saturated rings. The highest BCUT2D eigenvalue weighted by Crippen LogP contribution is 2.29. The molecule has 1 heterocycles. The molecule has 17 heavy (non-hydrogen) atoms. The van der Waals surface area contributed by atoms with Gasteiger partial charge in [0.1, 0.15) is 6.07 Å². The second-order valence-corrected chi connectivity index (χ2v) is 5.41. The zero-order valence-electron chi connectivity index (χ0n) is 8.99. The van der Waals surface area contributed by atoms with Gasteiger partial charge >= 0.3 is 0 Å². The Morgan fingerprint density at radius 3 is 3.00 bits per heavy atom. The van der Waals surface area contributed by atoms with E-state index in [0.717, 1.165) is 12.8 Å². The van der Waals surface area contributed by atoms with Gasteiger partial charge in [0.15, 0.2) is 0 Å². The maximum atomic E-state index is 12.0. The van der Waals surface area contributed by atoms with Gasteiger partial charge in [0.25, 0.3) is 0 Å². The average molecular weight is 314 g/mol. The summed E-state index contributed by atoms with van der Waals surface area (Å²) in [6.07, 6.45) is 1.75. The molecule has 88 valence electrons. The number of nitrogens with zero attached hydrogens (tertiary/aromatic N) is 2. The maximum absolute atomic E-state index is 12.0. The van der Waals surface area contributed by atoms with Crippen LogP contribution in [0.2, 0.25) is 5.02 Å². The Bertz CT molecular complexity index is 498. The first-order chi connectivity index (χ1) is 8.13. The lowest BCUT2D eigenvalue weighted by Crippen LogP contribution is -2.42. The zero-order valence-corrected chi connectivity index (χ0v) is 11.3. The van der Waals surface area contributed by atoms with Crippen molar-refractivity contribution in [3.8, 4) is 6.07 Å². The van der Waals surface area contributed by atoms with Gasteiger partial charge in [-0.05, 0) is 31.0 Å². The van der Waals surface area contributed by atoms with Crippen molar-refractivity contribution >= 4 is 39.1 Å². The molecule has 0 radical (unpaired) electrons. The second-order valence-electron chi connectivity index (χ2n) is 3.87. The van der Waals surface area contributed by atoms with Gasteiger partial charge in [0.2, 0.25) is 5.91 Å². The number of hydrogen-bond donors (Lipinski definition) is 0. The van der Waals surface area contributed by atoms with Crippen LogP contribution in [0.15, 0.2) is 18.2 Å². The molecule has 1 atom stereocenters. The Balaban J connectivity index is 2.42. The summed E-state index contributed by atoms with van der Waals surface area (Å²) in [5.74, 6) is -0.00461. The number of carbonyl (C=O) groups is 1. The first kappa shape index (κ1) is 12.4. The Morgan fingerprint density at radius 2 is 2.29 bits per heavy atom. The maximum Gasteiger partial charge on any atom is 0.240 e. The summed E-state index contributed by atoms with van der Waals surface area (Å²) >= 11 is 9.27. The molecule has 1 amide bonds. The van der Waals surface area contributed by atoms with Gasteiger partial charge in [-0.1, -0.05) is 27.5 Å². The van der Waals surface area contributed by atoms with Crippen molar-refractivity contribution in [3.05, 3.63) is 28.8 Å². The number of alkyl halides is 1. The molecule has 1 aromatic carbocycles. The van der Waals surface area contributed by atoms with Gasteiger partial charge < -0.3 is 4.90 Å². The van der Waals surface area contributed by atoms with Gasteiger partial charge in [-0.25, -0.2) is 0 Å². The molecular weight excluding hydrogens is 304 g/mol. The van der Waals surface area contributed by atoms with Crippen LogP contribution in [0.25, 0.3) is 0 Å². The van der Waals surface area contributed by atoms with E-state index in [1.54, 1.807) is 23.1 Å². The summed E-state index contributed by atoms with van der Waals surface area (Å²) in [5, 5.41) is 9.58. The highest BCUT2D eigenvalue weighted by molar-refractivity contribution is 9.10. The lowest BCUT2D eigenvalue weighted by molar-refractivity contribution is -0.118. The van der Waals surface area contributed by atoms with E-state index < -0.39 is 0 Å². The van der Waals surface area contributed by atoms with E-state index in [4.69, 9.17) is 16.9 Å². The predicted octanol–water partition coefficient (Wildman–Crippen LogP) is 3.10. The number of hydrogen-bond acceptors (Lipinski definition) is 2. The fourth-order valence-electron chi connectivity index (χ4n) is 1.89. The van der Waals surface area contributed by atoms with Gasteiger partial charge in [-0.3, -0.25) is 4.79 Å². The third-order valence-electron chi connectivity index (χ3n) is 2.74. The van der Waals surface area contributed by atoms with Crippen LogP contribution in [-0.4, -0.2) is 17.3 Å². The fourth-order valence-corrected chi connectivity index (χ4v) is 2.63. The van der Waals surface area contributed by atoms with E-state index in [9.17, 15) is 4.79 Å². The summed E-state index contributed by atoms with van der Waals surface area (Å²) < 4.78 is 0. The van der Waals surface area contributed by atoms with Crippen LogP contribution in [0.3, 0.4) is 0 Å². The molecule has 0 aromatic heterocycles. The molecule has 0 N–H and O–H groups in total. The van der Waals surface area contributed by atoms with E-state index >= 15 is 0 Å². The Kier molecular flexibility index (Phi) is 3.70. The van der Waals surface area contributed by atoms with Crippen molar-refractivity contribution in [1.29, 1.82) is 5.26 Å². The van der Waals surface area contributed by atoms with Crippen molar-refractivity contribution in [2.45, 2.75) is 17.7 Å². The Morgan fingerprint density at radius 1 is 1.53 bits per heavy atom. The molecule has 0 bridgehead atoms. The first-order valence-corrected chi connectivity index (χ1v) is 6.58. The van der Waals surface area contributed by atoms with E-state index in [1.165, 1.54) is 0 Å². The van der Waals surface area contributed by atoms with Gasteiger partial charge in [-0.15, -0.1) is 0 Å². The lowest BCUT2D eigenvalue weighted by atomic mass is 10.1. The van der Waals surface area contributed by atoms with Gasteiger partial charge in [0.05, 0.1) is 16.1 Å². The highest BCUT2D eigenvalue weighted by Gasteiger charge is 2.28. The largest absolute Gasteiger partial charge is 0.310 e. The van der Waals surface area contributed by atoms with Crippen LogP contribution in [0.5, 0.6) is 0 Å². The van der Waals surface area contributed by atoms with Crippen molar-refractivity contribution in [3.63, 3.8) is 0 Å². The van der Waals surface area contributed by atoms with E-state index in [1.807, 2.05) is 0 Å². The second kappa shape index (κ2) is 5.07. The number of rotatable bonds is 1. The smallest absolute Gasteiger partial charge is 0.240 e. The van der Waals surface area contributed by atoms with E-state index in [2.05, 4.69) is 22.0 Å². The number of nitriles is 1. The zero-order chi connectivity index (χ0) is 12.4. The Labute approximate surface area is 113 Å². The van der Waals surface area contributed by atoms with Crippen molar-refractivity contribution in [2.75, 3.05) is 11.4 Å². The predicted molar refractivity (Wildman–Crippen MR) is 70.5 cm³/mol. The third-order valence-corrected chi connectivity index (χ3v) is 3.83. The first-order valence-electron chi connectivity index (χ1n) is 5.28. The number of halogens is 2. The summed E-state index contributed by atoms with van der Waals surface area (Å²) in [4.78, 5) is 13.5. The molecule has 1 saturated heterocycles. The Hall–Kier alpha value is -1.05. The van der Waals surface area contributed by atoms with E-state index in [-0.39, 0.29) is 10.7 Å². The van der Waals surface area contributed by atoms with Gasteiger partial charge in [-0.2, -0.15) is 5.26 Å². The number of piperidine rings is 1. The molecule has 1 aliphatic rings. The normalized spacial score (nSPS) is 20.2. The minimum Gasteiger partial charge on any atom is -0.310 e. The minimum absolute atomic E-state index is 0.00461. The fraction of sp³-hybridized carbons (Fsp3) is 0.333. The summed E-state index contributed by atoms with van der Waals surface area (Å²) in [7, 11) is 0. The lowest BCUT2D eigenvalue weighted by Gasteiger charge is -2.30. The summed E-state index contributed by atoms with van der Waals surface area (Å²) in [6.45, 7) is 0.635. The minimum atomic E-state index is -0.165. The standard InChI is InChI=1S/C12H10BrClN2O/c13-10-2-1-5-16(12(10)17)11-6-9(14)4-3-8(11)7-15/h3-4,6,10H,1-2,5H2. The molecule has 1 unspecified atom stereocenters. The van der Waals surface area contributed by atoms with Crippen LogP contribution in [0.1, 0.15) is 18.4 Å². The molecule has 5 heteroatoms. The highest BCUT2D eigenvalue weighted by atomic mass is 79.9. The number of anilines is 1. The average Bonchev–Trinajstić information content (AvgIpc) is 2.33. The topological polar surface area (TPSA) is 44.1 Å². The third kappa shape index (κ3) is 2.46. The summed E-state index contributed by atoms with van der Waals surface area (Å²) in [6, 6.07) is 7.06. The molecule has 2 rings (SSSR count). The molecule has 0 saturated carbocycles. The molecule has 1 aromatic rings. The van der Waals surface area contributed by atoms with Gasteiger partial charge in [0, 0.05) is 11.6 Å². The summed E-state index contributed by atoms with van der Waals surface area (Å²) in [5.41, 5.74) is 1.08. The monoisotopic (exact) mass is 312 g/mol. The van der Waals surface area contributed by atoms with Crippen molar-refractivity contribution in [2.24, 2.45) is 0 Å². The van der Waals surface area contributed by atoms with Crippen molar-refractivity contribution < 1.29 is 4.79 Å². The van der Waals surface area contributed by atoms with Crippen LogP contribution in [0.4, 0.5) is 5.69 Å². The molecular formula is C12H10BrClN2O. The molecule has 0 aliphatic carbocycles. The number of benzene rings is 1. The van der Waals surface area contributed by atoms with Crippen LogP contribution >= 0.6 is 27.5 Å². The number of amides is 1. The number of carbonyl (C=O) groups excluding carboxylic acids is 1. The van der Waals surface area contributed by atoms with Crippen LogP contribution in [-0.2, 0) is 4.79 Å². The SMILES string of the molecule is N#Cc1ccc(Cl)cc1N1CCCC(Br)C1=O. The van der Waals surface area contributed by atoms with E-state index in [0.29, 0.717) is 22.8 Å². The quantitative estimate of drug-likeness (QED) is 0.748. The van der Waals surface area contributed by atoms with Crippen LogP contribution < -0.4 is 4.90 Å². The molecule has 3 nitrogen and oxygen atoms in total. The van der Waals surface area contributed by atoms with Crippen molar-refractivity contribution in [1.82, 2.24) is 0 Å². The molecule has 0 spiro atoms. The van der Waals surface area contributed by atoms with Crippen LogP contribution in [0, 0.1) is 11.3 Å².